The predicted molar refractivity (Wildman–Crippen MR) is 70.9 cm³/mol. The Balaban J connectivity index is 2.86. The van der Waals surface area contributed by atoms with Crippen LogP contribution in [0.1, 0.15) is 12.5 Å². The number of hydrogen-bond donors (Lipinski definition) is 3. The zero-order valence-electron chi connectivity index (χ0n) is 9.29. The Morgan fingerprint density at radius 3 is 3.00 bits per heavy atom. The van der Waals surface area contributed by atoms with E-state index in [1.54, 1.807) is 6.08 Å². The summed E-state index contributed by atoms with van der Waals surface area (Å²) in [6.45, 7) is 6.25. The fraction of sp³-hybridized carbons (Fsp3) is 0.250. The summed E-state index contributed by atoms with van der Waals surface area (Å²) in [4.78, 5) is 13.8. The molecule has 0 fully saturated rings. The molecule has 0 unspecified atom stereocenters. The summed E-state index contributed by atoms with van der Waals surface area (Å²) in [6, 6.07) is 0. The molecule has 0 saturated heterocycles. The number of hydrogen-bond acceptors (Lipinski definition) is 1. The normalized spacial score (nSPS) is 12.9. The minimum Gasteiger partial charge on any atom is -0.361 e. The van der Waals surface area contributed by atoms with Crippen LogP contribution in [0.25, 0.3) is 12.2 Å². The van der Waals surface area contributed by atoms with Gasteiger partial charge in [-0.05, 0) is 30.2 Å². The first-order valence-electron chi connectivity index (χ1n) is 5.11. The predicted octanol–water partition coefficient (Wildman–Crippen LogP) is 0.964. The van der Waals surface area contributed by atoms with Gasteiger partial charge in [-0.2, -0.15) is 0 Å². The average Bonchev–Trinajstić information content (AvgIpc) is 2.61. The van der Waals surface area contributed by atoms with Crippen LogP contribution in [0.4, 0.5) is 4.79 Å². The van der Waals surface area contributed by atoms with Crippen molar-refractivity contribution in [3.63, 3.8) is 0 Å². The lowest BCUT2D eigenvalue weighted by Gasteiger charge is -1.98. The maximum atomic E-state index is 10.6. The number of H-pyrrole nitrogens is 1. The summed E-state index contributed by atoms with van der Waals surface area (Å²) in [5, 5.41) is 4.56. The van der Waals surface area contributed by atoms with Crippen LogP contribution in [0.2, 0.25) is 0 Å². The molecule has 0 aromatic carbocycles. The Labute approximate surface area is 100 Å². The summed E-state index contributed by atoms with van der Waals surface area (Å²) in [6.07, 6.45) is 8.46. The Bertz CT molecular complexity index is 488. The highest BCUT2D eigenvalue weighted by atomic mass is 32.1. The second kappa shape index (κ2) is 6.23. The number of carbonyl (C=O) groups excluding carboxylic acids is 1. The van der Waals surface area contributed by atoms with Gasteiger partial charge in [0, 0.05) is 18.1 Å². The number of aromatic amines is 1. The third-order valence-corrected chi connectivity index (χ3v) is 2.44. The monoisotopic (exact) mass is 236 g/mol. The van der Waals surface area contributed by atoms with Crippen LogP contribution >= 0.6 is 12.6 Å². The summed E-state index contributed by atoms with van der Waals surface area (Å²) in [5.74, 6) is 0. The van der Waals surface area contributed by atoms with Gasteiger partial charge in [0.25, 0.3) is 5.24 Å². The van der Waals surface area contributed by atoms with E-state index in [0.717, 1.165) is 17.0 Å². The molecule has 0 spiro atoms. The quantitative estimate of drug-likeness (QED) is 0.670. The second-order valence-corrected chi connectivity index (χ2v) is 3.72. The first-order valence-corrected chi connectivity index (χ1v) is 5.56. The topological polar surface area (TPSA) is 44.9 Å². The molecule has 0 aliphatic rings. The highest BCUT2D eigenvalue weighted by molar-refractivity contribution is 7.96. The molecule has 2 N–H and O–H groups in total. The Kier molecular flexibility index (Phi) is 4.92. The van der Waals surface area contributed by atoms with Gasteiger partial charge in [0.15, 0.2) is 0 Å². The van der Waals surface area contributed by atoms with E-state index in [2.05, 4.69) is 29.5 Å². The van der Waals surface area contributed by atoms with Crippen molar-refractivity contribution in [3.05, 3.63) is 35.0 Å². The summed E-state index contributed by atoms with van der Waals surface area (Å²) in [7, 11) is 0. The zero-order chi connectivity index (χ0) is 12.0. The Morgan fingerprint density at radius 1 is 1.69 bits per heavy atom. The molecule has 0 atom stereocenters. The van der Waals surface area contributed by atoms with Crippen LogP contribution in [0.3, 0.4) is 0 Å². The van der Waals surface area contributed by atoms with Crippen molar-refractivity contribution in [1.29, 1.82) is 0 Å². The fourth-order valence-corrected chi connectivity index (χ4v) is 1.71. The van der Waals surface area contributed by atoms with Crippen LogP contribution in [-0.4, -0.2) is 16.8 Å². The van der Waals surface area contributed by atoms with Crippen LogP contribution in [0.15, 0.2) is 18.9 Å². The van der Waals surface area contributed by atoms with E-state index in [0.29, 0.717) is 6.54 Å². The largest absolute Gasteiger partial charge is 0.361 e. The van der Waals surface area contributed by atoms with Crippen LogP contribution in [-0.2, 0) is 6.42 Å². The smallest absolute Gasteiger partial charge is 0.275 e. The van der Waals surface area contributed by atoms with Gasteiger partial charge >= 0.3 is 0 Å². The van der Waals surface area contributed by atoms with Gasteiger partial charge in [-0.3, -0.25) is 4.79 Å². The molecule has 0 saturated carbocycles. The van der Waals surface area contributed by atoms with E-state index in [-0.39, 0.29) is 5.24 Å². The number of allylic oxidation sites excluding steroid dienone is 1. The lowest BCUT2D eigenvalue weighted by atomic mass is 10.2. The van der Waals surface area contributed by atoms with Gasteiger partial charge in [0.2, 0.25) is 0 Å². The first-order chi connectivity index (χ1) is 7.69. The third-order valence-electron chi connectivity index (χ3n) is 2.28. The second-order valence-electron chi connectivity index (χ2n) is 3.31. The van der Waals surface area contributed by atoms with Gasteiger partial charge in [-0.15, -0.1) is 0 Å². The standard InChI is InChI=1S/C12H16N2OS/c1-3-5-11-10(4-2)9(8-14-11)6-7-13-12(15)16/h3-5,8,14H,1,6-7H2,2H3,(H2,13,15,16)/b10-4-,11-5+. The molecule has 0 aliphatic heterocycles. The third kappa shape index (κ3) is 3.31. The average molecular weight is 236 g/mol. The van der Waals surface area contributed by atoms with Crippen molar-refractivity contribution in [2.75, 3.05) is 6.54 Å². The molecular weight excluding hydrogens is 220 g/mol. The van der Waals surface area contributed by atoms with E-state index in [1.807, 2.05) is 25.3 Å². The van der Waals surface area contributed by atoms with Crippen molar-refractivity contribution in [2.24, 2.45) is 0 Å². The lowest BCUT2D eigenvalue weighted by Crippen LogP contribution is -2.27. The van der Waals surface area contributed by atoms with Crippen molar-refractivity contribution >= 4 is 30.0 Å². The molecule has 1 heterocycles. The molecule has 1 rings (SSSR count). The highest BCUT2D eigenvalue weighted by Gasteiger charge is 1.99. The minimum atomic E-state index is -0.296. The van der Waals surface area contributed by atoms with Crippen LogP contribution in [0.5, 0.6) is 0 Å². The van der Waals surface area contributed by atoms with E-state index < -0.39 is 0 Å². The minimum absolute atomic E-state index is 0.296. The molecule has 0 radical (unpaired) electrons. The van der Waals surface area contributed by atoms with E-state index in [9.17, 15) is 4.79 Å². The number of nitrogens with one attached hydrogen (secondary N) is 2. The van der Waals surface area contributed by atoms with E-state index in [4.69, 9.17) is 0 Å². The Morgan fingerprint density at radius 2 is 2.44 bits per heavy atom. The van der Waals surface area contributed by atoms with Gasteiger partial charge in [0.05, 0.1) is 0 Å². The molecule has 0 bridgehead atoms. The molecule has 1 aromatic rings. The Hall–Kier alpha value is -1.42. The van der Waals surface area contributed by atoms with Crippen molar-refractivity contribution in [3.8, 4) is 0 Å². The molecule has 4 heteroatoms. The van der Waals surface area contributed by atoms with Crippen LogP contribution < -0.4 is 15.9 Å². The SMILES string of the molecule is C=C/C=c1/[nH]cc(CCNC(=O)S)/c1=C/C. The maximum Gasteiger partial charge on any atom is 0.275 e. The molecule has 86 valence electrons. The number of aromatic nitrogens is 1. The summed E-state index contributed by atoms with van der Waals surface area (Å²) >= 11 is 3.65. The van der Waals surface area contributed by atoms with Crippen LogP contribution in [0, 0.1) is 0 Å². The number of amides is 1. The van der Waals surface area contributed by atoms with E-state index in [1.165, 1.54) is 5.56 Å². The van der Waals surface area contributed by atoms with Gasteiger partial charge < -0.3 is 10.3 Å². The number of thiol groups is 1. The fourth-order valence-electron chi connectivity index (χ4n) is 1.60. The van der Waals surface area contributed by atoms with Gasteiger partial charge in [0.1, 0.15) is 0 Å². The first kappa shape index (κ1) is 12.6. The summed E-state index contributed by atoms with van der Waals surface area (Å²) in [5.41, 5.74) is 1.18. The molecule has 3 nitrogen and oxygen atoms in total. The molecule has 0 aliphatic carbocycles. The molecule has 1 amide bonds. The summed E-state index contributed by atoms with van der Waals surface area (Å²) < 4.78 is 0. The molecule has 1 aromatic heterocycles. The van der Waals surface area contributed by atoms with Crippen molar-refractivity contribution in [1.82, 2.24) is 10.3 Å². The molecule has 16 heavy (non-hydrogen) atoms. The van der Waals surface area contributed by atoms with Gasteiger partial charge in [-0.1, -0.05) is 31.4 Å². The number of rotatable bonds is 4. The zero-order valence-corrected chi connectivity index (χ0v) is 10.2. The number of carbonyl (C=O) groups is 1. The molecular formula is C12H16N2OS. The highest BCUT2D eigenvalue weighted by Crippen LogP contribution is 1.88. The lowest BCUT2D eigenvalue weighted by molar-refractivity contribution is 0.261. The van der Waals surface area contributed by atoms with E-state index >= 15 is 0 Å². The van der Waals surface area contributed by atoms with Crippen molar-refractivity contribution in [2.45, 2.75) is 13.3 Å². The maximum absolute atomic E-state index is 10.6. The van der Waals surface area contributed by atoms with Crippen molar-refractivity contribution < 1.29 is 4.79 Å². The van der Waals surface area contributed by atoms with Gasteiger partial charge in [-0.25, -0.2) is 0 Å².